The highest BCUT2D eigenvalue weighted by atomic mass is 35.5. The molecule has 9 heavy (non-hydrogen) atoms. The van der Waals surface area contributed by atoms with Gasteiger partial charge in [0.1, 0.15) is 5.70 Å². The van der Waals surface area contributed by atoms with Gasteiger partial charge in [-0.3, -0.25) is 9.79 Å². The molecule has 1 rings (SSSR count). The molecule has 0 saturated carbocycles. The summed E-state index contributed by atoms with van der Waals surface area (Å²) < 4.78 is 0. The van der Waals surface area contributed by atoms with Crippen LogP contribution in [0, 0.1) is 0 Å². The monoisotopic (exact) mass is 143 g/mol. The smallest absolute Gasteiger partial charge is 0.270 e. The molecular formula is C6H6ClNO. The van der Waals surface area contributed by atoms with Crippen LogP contribution in [0.15, 0.2) is 16.8 Å². The maximum Gasteiger partial charge on any atom is 0.270 e. The maximum atomic E-state index is 10.4. The van der Waals surface area contributed by atoms with Gasteiger partial charge in [0.25, 0.3) is 5.24 Å². The summed E-state index contributed by atoms with van der Waals surface area (Å²) >= 11 is 5.14. The van der Waals surface area contributed by atoms with Crippen molar-refractivity contribution in [1.29, 1.82) is 0 Å². The van der Waals surface area contributed by atoms with Crippen LogP contribution in [0.1, 0.15) is 12.8 Å². The second kappa shape index (κ2) is 2.78. The number of hydrogen-bond donors (Lipinski definition) is 0. The van der Waals surface area contributed by atoms with E-state index >= 15 is 0 Å². The van der Waals surface area contributed by atoms with Gasteiger partial charge >= 0.3 is 0 Å². The fraction of sp³-hybridized carbons (Fsp3) is 0.333. The minimum atomic E-state index is -0.467. The van der Waals surface area contributed by atoms with E-state index in [9.17, 15) is 4.79 Å². The summed E-state index contributed by atoms with van der Waals surface area (Å²) in [6.07, 6.45) is 5.23. The standard InChI is InChI=1S/C6H6ClNO/c7-6(9)5-3-1-2-4-8-5/h3-4H,1-2H2. The number of halogens is 1. The summed E-state index contributed by atoms with van der Waals surface area (Å²) in [5.41, 5.74) is 0.378. The third-order valence-electron chi connectivity index (χ3n) is 1.07. The van der Waals surface area contributed by atoms with E-state index in [1.165, 1.54) is 0 Å². The van der Waals surface area contributed by atoms with E-state index in [0.29, 0.717) is 5.70 Å². The first-order chi connectivity index (χ1) is 4.30. The molecule has 0 fully saturated rings. The van der Waals surface area contributed by atoms with Crippen molar-refractivity contribution in [2.75, 3.05) is 0 Å². The third-order valence-corrected chi connectivity index (χ3v) is 1.26. The summed E-state index contributed by atoms with van der Waals surface area (Å²) in [4.78, 5) is 14.2. The van der Waals surface area contributed by atoms with Crippen molar-refractivity contribution in [2.45, 2.75) is 12.8 Å². The van der Waals surface area contributed by atoms with Gasteiger partial charge in [0, 0.05) is 6.21 Å². The van der Waals surface area contributed by atoms with Crippen LogP contribution in [-0.2, 0) is 4.79 Å². The van der Waals surface area contributed by atoms with Crippen LogP contribution >= 0.6 is 11.6 Å². The van der Waals surface area contributed by atoms with Gasteiger partial charge in [0.2, 0.25) is 0 Å². The molecule has 0 atom stereocenters. The van der Waals surface area contributed by atoms with Gasteiger partial charge < -0.3 is 0 Å². The molecule has 1 aliphatic rings. The van der Waals surface area contributed by atoms with Gasteiger partial charge in [0.15, 0.2) is 0 Å². The van der Waals surface area contributed by atoms with E-state index in [1.54, 1.807) is 12.3 Å². The number of hydrogen-bond acceptors (Lipinski definition) is 2. The Labute approximate surface area is 58.2 Å². The highest BCUT2D eigenvalue weighted by molar-refractivity contribution is 6.67. The summed E-state index contributed by atoms with van der Waals surface area (Å²) in [6, 6.07) is 0. The molecule has 0 amide bonds. The van der Waals surface area contributed by atoms with Crippen LogP contribution in [0.3, 0.4) is 0 Å². The van der Waals surface area contributed by atoms with Crippen LogP contribution in [0.2, 0.25) is 0 Å². The van der Waals surface area contributed by atoms with Crippen molar-refractivity contribution in [1.82, 2.24) is 0 Å². The molecule has 0 bridgehead atoms. The number of nitrogens with zero attached hydrogens (tertiary/aromatic N) is 1. The molecule has 3 heteroatoms. The summed E-state index contributed by atoms with van der Waals surface area (Å²) in [5, 5.41) is -0.467. The lowest BCUT2D eigenvalue weighted by Crippen LogP contribution is -1.94. The third kappa shape index (κ3) is 1.64. The molecule has 0 unspecified atom stereocenters. The van der Waals surface area contributed by atoms with Crippen LogP contribution < -0.4 is 0 Å². The number of carbonyl (C=O) groups excluding carboxylic acids is 1. The van der Waals surface area contributed by atoms with Crippen LogP contribution in [0.5, 0.6) is 0 Å². The fourth-order valence-electron chi connectivity index (χ4n) is 0.641. The van der Waals surface area contributed by atoms with Crippen molar-refractivity contribution in [3.8, 4) is 0 Å². The average molecular weight is 144 g/mol. The summed E-state index contributed by atoms with van der Waals surface area (Å²) in [5.74, 6) is 0. The zero-order chi connectivity index (χ0) is 6.69. The van der Waals surface area contributed by atoms with Gasteiger partial charge in [-0.25, -0.2) is 0 Å². The molecule has 0 aromatic carbocycles. The molecule has 0 N–H and O–H groups in total. The van der Waals surface area contributed by atoms with E-state index in [4.69, 9.17) is 11.6 Å². The van der Waals surface area contributed by atoms with E-state index < -0.39 is 5.24 Å². The van der Waals surface area contributed by atoms with Crippen molar-refractivity contribution in [3.63, 3.8) is 0 Å². The van der Waals surface area contributed by atoms with Crippen molar-refractivity contribution >= 4 is 23.1 Å². The lowest BCUT2D eigenvalue weighted by molar-refractivity contribution is -0.108. The Balaban J connectivity index is 2.69. The normalized spacial score (nSPS) is 17.2. The van der Waals surface area contributed by atoms with Gasteiger partial charge in [-0.2, -0.15) is 0 Å². The van der Waals surface area contributed by atoms with Crippen molar-refractivity contribution in [2.24, 2.45) is 4.99 Å². The largest absolute Gasteiger partial charge is 0.274 e. The molecule has 0 spiro atoms. The van der Waals surface area contributed by atoms with Crippen molar-refractivity contribution < 1.29 is 4.79 Å². The average Bonchev–Trinajstić information content (AvgIpc) is 1.90. The highest BCUT2D eigenvalue weighted by Gasteiger charge is 2.04. The topological polar surface area (TPSA) is 29.4 Å². The first-order valence-electron chi connectivity index (χ1n) is 2.73. The first-order valence-corrected chi connectivity index (χ1v) is 3.11. The molecule has 0 saturated heterocycles. The Morgan fingerprint density at radius 1 is 1.67 bits per heavy atom. The molecule has 48 valence electrons. The van der Waals surface area contributed by atoms with E-state index in [0.717, 1.165) is 12.8 Å². The first kappa shape index (κ1) is 6.49. The second-order valence-electron chi connectivity index (χ2n) is 1.75. The van der Waals surface area contributed by atoms with E-state index in [2.05, 4.69) is 4.99 Å². The maximum absolute atomic E-state index is 10.4. The molecule has 1 aliphatic heterocycles. The number of aliphatic imine (C=N–C) groups is 1. The summed E-state index contributed by atoms with van der Waals surface area (Å²) in [7, 11) is 0. The van der Waals surface area contributed by atoms with Gasteiger partial charge in [-0.1, -0.05) is 6.08 Å². The van der Waals surface area contributed by atoms with Crippen LogP contribution in [-0.4, -0.2) is 11.5 Å². The Morgan fingerprint density at radius 2 is 2.44 bits per heavy atom. The zero-order valence-corrected chi connectivity index (χ0v) is 5.56. The lowest BCUT2D eigenvalue weighted by atomic mass is 10.2. The minimum absolute atomic E-state index is 0.378. The Morgan fingerprint density at radius 3 is 2.78 bits per heavy atom. The SMILES string of the molecule is O=C(Cl)C1=CCCC=N1. The molecule has 0 aliphatic carbocycles. The minimum Gasteiger partial charge on any atom is -0.274 e. The molecule has 0 aromatic heterocycles. The molecule has 0 aromatic rings. The molecular weight excluding hydrogens is 138 g/mol. The quantitative estimate of drug-likeness (QED) is 0.512. The van der Waals surface area contributed by atoms with E-state index in [1.807, 2.05) is 0 Å². The number of rotatable bonds is 1. The lowest BCUT2D eigenvalue weighted by Gasteiger charge is -1.98. The van der Waals surface area contributed by atoms with Gasteiger partial charge in [-0.15, -0.1) is 0 Å². The fourth-order valence-corrected chi connectivity index (χ4v) is 0.767. The molecule has 1 heterocycles. The van der Waals surface area contributed by atoms with Gasteiger partial charge in [-0.05, 0) is 24.4 Å². The predicted molar refractivity (Wildman–Crippen MR) is 36.7 cm³/mol. The Kier molecular flexibility index (Phi) is 2.01. The van der Waals surface area contributed by atoms with Crippen LogP contribution in [0.4, 0.5) is 0 Å². The van der Waals surface area contributed by atoms with E-state index in [-0.39, 0.29) is 0 Å². The number of carbonyl (C=O) groups is 1. The molecule has 2 nitrogen and oxygen atoms in total. The second-order valence-corrected chi connectivity index (χ2v) is 2.10. The molecule has 0 radical (unpaired) electrons. The zero-order valence-electron chi connectivity index (χ0n) is 4.80. The Hall–Kier alpha value is -0.630. The Bertz CT molecular complexity index is 183. The summed E-state index contributed by atoms with van der Waals surface area (Å²) in [6.45, 7) is 0. The number of allylic oxidation sites excluding steroid dienone is 2. The van der Waals surface area contributed by atoms with Gasteiger partial charge in [0.05, 0.1) is 0 Å². The highest BCUT2D eigenvalue weighted by Crippen LogP contribution is 2.08. The van der Waals surface area contributed by atoms with Crippen LogP contribution in [0.25, 0.3) is 0 Å². The van der Waals surface area contributed by atoms with Crippen molar-refractivity contribution in [3.05, 3.63) is 11.8 Å². The predicted octanol–water partition coefficient (Wildman–Crippen LogP) is 1.50.